The predicted octanol–water partition coefficient (Wildman–Crippen LogP) is 4.48. The molecule has 6 nitrogen and oxygen atoms in total. The molecule has 0 aliphatic carbocycles. The van der Waals surface area contributed by atoms with Crippen LogP contribution in [0.3, 0.4) is 0 Å². The highest BCUT2D eigenvalue weighted by molar-refractivity contribution is 6.03. The summed E-state index contributed by atoms with van der Waals surface area (Å²) in [4.78, 5) is 23.3. The molecule has 1 amide bonds. The molecule has 0 aliphatic rings. The van der Waals surface area contributed by atoms with Crippen LogP contribution in [0.4, 0.5) is 5.69 Å². The fraction of sp³-hybridized carbons (Fsp3) is 0.167. The number of carboxylic acids is 1. The van der Waals surface area contributed by atoms with E-state index >= 15 is 0 Å². The Bertz CT molecular complexity index is 1050. The number of aromatic nitrogens is 1. The molecule has 0 saturated carbocycles. The van der Waals surface area contributed by atoms with Gasteiger partial charge in [0.15, 0.2) is 6.61 Å². The lowest BCUT2D eigenvalue weighted by atomic mass is 10.1. The van der Waals surface area contributed by atoms with E-state index in [0.29, 0.717) is 18.0 Å². The molecule has 3 rings (SSSR count). The zero-order valence-corrected chi connectivity index (χ0v) is 16.7. The number of benzene rings is 2. The summed E-state index contributed by atoms with van der Waals surface area (Å²) in [5, 5.41) is 11.7. The number of aliphatic carboxylic acids is 1. The second kappa shape index (κ2) is 10.1. The highest BCUT2D eigenvalue weighted by Crippen LogP contribution is 2.16. The van der Waals surface area contributed by atoms with Gasteiger partial charge in [-0.05, 0) is 53.9 Å². The second-order valence-electron chi connectivity index (χ2n) is 6.71. The number of carbonyl (C=O) groups is 2. The van der Waals surface area contributed by atoms with E-state index in [1.54, 1.807) is 24.3 Å². The van der Waals surface area contributed by atoms with Gasteiger partial charge in [0.1, 0.15) is 11.4 Å². The molecule has 0 saturated heterocycles. The lowest BCUT2D eigenvalue weighted by Gasteiger charge is -2.09. The van der Waals surface area contributed by atoms with Gasteiger partial charge in [0, 0.05) is 18.4 Å². The fourth-order valence-corrected chi connectivity index (χ4v) is 3.00. The van der Waals surface area contributed by atoms with Crippen LogP contribution in [-0.4, -0.2) is 28.2 Å². The fourth-order valence-electron chi connectivity index (χ4n) is 3.00. The van der Waals surface area contributed by atoms with Crippen LogP contribution in [0.2, 0.25) is 0 Å². The molecule has 0 fully saturated rings. The molecule has 30 heavy (non-hydrogen) atoms. The molecule has 2 aromatic carbocycles. The van der Waals surface area contributed by atoms with Crippen LogP contribution < -0.4 is 10.1 Å². The Labute approximate surface area is 175 Å². The zero-order valence-electron chi connectivity index (χ0n) is 16.7. The van der Waals surface area contributed by atoms with Gasteiger partial charge in [-0.15, -0.1) is 0 Å². The minimum atomic E-state index is -1.02. The third-order valence-corrected chi connectivity index (χ3v) is 4.49. The van der Waals surface area contributed by atoms with Crippen molar-refractivity contribution >= 4 is 23.6 Å². The first kappa shape index (κ1) is 20.9. The molecule has 0 atom stereocenters. The molecule has 154 valence electrons. The Balaban J connectivity index is 1.63. The molecule has 3 aromatic rings. The number of hydrogen-bond acceptors (Lipinski definition) is 3. The number of hydrogen-bond donors (Lipinski definition) is 2. The normalized spacial score (nSPS) is 10.8. The predicted molar refractivity (Wildman–Crippen MR) is 117 cm³/mol. The van der Waals surface area contributed by atoms with Crippen LogP contribution >= 0.6 is 0 Å². The van der Waals surface area contributed by atoms with Gasteiger partial charge >= 0.3 is 5.97 Å². The van der Waals surface area contributed by atoms with Gasteiger partial charge in [0.2, 0.25) is 0 Å². The van der Waals surface area contributed by atoms with Crippen molar-refractivity contribution in [3.8, 4) is 5.75 Å². The lowest BCUT2D eigenvalue weighted by molar-refractivity contribution is -0.139. The van der Waals surface area contributed by atoms with Crippen molar-refractivity contribution in [3.63, 3.8) is 0 Å². The van der Waals surface area contributed by atoms with Crippen LogP contribution in [0.25, 0.3) is 6.08 Å². The van der Waals surface area contributed by atoms with E-state index in [1.165, 1.54) is 5.56 Å². The quantitative estimate of drug-likeness (QED) is 0.551. The highest BCUT2D eigenvalue weighted by Gasteiger charge is 2.10. The third-order valence-electron chi connectivity index (χ3n) is 4.49. The molecular weight excluding hydrogens is 380 g/mol. The summed E-state index contributed by atoms with van der Waals surface area (Å²) in [6.07, 6.45) is 6.60. The molecule has 6 heteroatoms. The van der Waals surface area contributed by atoms with Crippen LogP contribution in [0.15, 0.2) is 72.9 Å². The average Bonchev–Trinajstić information content (AvgIpc) is 3.21. The number of amides is 1. The number of aryl methyl sites for hydroxylation is 1. The number of allylic oxidation sites excluding steroid dienone is 1. The molecule has 1 aromatic heterocycles. The van der Waals surface area contributed by atoms with E-state index in [9.17, 15) is 9.59 Å². The summed E-state index contributed by atoms with van der Waals surface area (Å²) in [7, 11) is 0. The Morgan fingerprint density at radius 1 is 1.10 bits per heavy atom. The summed E-state index contributed by atoms with van der Waals surface area (Å²) in [5.74, 6) is -0.684. The molecule has 0 bridgehead atoms. The van der Waals surface area contributed by atoms with Crippen molar-refractivity contribution in [1.29, 1.82) is 0 Å². The number of ether oxygens (including phenoxy) is 1. The maximum absolute atomic E-state index is 12.7. The van der Waals surface area contributed by atoms with Crippen LogP contribution in [-0.2, 0) is 17.8 Å². The van der Waals surface area contributed by atoms with Crippen molar-refractivity contribution in [2.45, 2.75) is 19.9 Å². The minimum Gasteiger partial charge on any atom is -0.482 e. The van der Waals surface area contributed by atoms with E-state index in [4.69, 9.17) is 9.84 Å². The van der Waals surface area contributed by atoms with E-state index in [1.807, 2.05) is 59.3 Å². The van der Waals surface area contributed by atoms with Gasteiger partial charge < -0.3 is 19.7 Å². The molecule has 0 radical (unpaired) electrons. The van der Waals surface area contributed by atoms with Crippen molar-refractivity contribution in [1.82, 2.24) is 4.57 Å². The second-order valence-corrected chi connectivity index (χ2v) is 6.71. The van der Waals surface area contributed by atoms with Crippen molar-refractivity contribution in [3.05, 3.63) is 89.8 Å². The Hall–Kier alpha value is -3.80. The van der Waals surface area contributed by atoms with Gasteiger partial charge in [-0.25, -0.2) is 4.79 Å². The topological polar surface area (TPSA) is 80.6 Å². The van der Waals surface area contributed by atoms with Gasteiger partial charge in [0.05, 0.1) is 0 Å². The Morgan fingerprint density at radius 3 is 2.73 bits per heavy atom. The van der Waals surface area contributed by atoms with Crippen LogP contribution in [0.5, 0.6) is 5.75 Å². The molecule has 0 unspecified atom stereocenters. The maximum atomic E-state index is 12.7. The molecule has 1 heterocycles. The summed E-state index contributed by atoms with van der Waals surface area (Å²) in [6.45, 7) is 2.22. The standard InChI is InChI=1S/C24H24N2O4/c1-2-18-7-3-10-20(15-18)25-24(29)22-12-6-14-26(22)13-5-9-19-8-4-11-21(16-19)30-17-23(27)28/h3-12,14-16H,2,13,17H2,1H3,(H,25,29)(H,27,28). The summed E-state index contributed by atoms with van der Waals surface area (Å²) in [6, 6.07) is 18.6. The highest BCUT2D eigenvalue weighted by atomic mass is 16.5. The van der Waals surface area contributed by atoms with Crippen molar-refractivity contribution in [2.24, 2.45) is 0 Å². The molecule has 2 N–H and O–H groups in total. The van der Waals surface area contributed by atoms with E-state index in [-0.39, 0.29) is 12.5 Å². The lowest BCUT2D eigenvalue weighted by Crippen LogP contribution is -2.16. The minimum absolute atomic E-state index is 0.161. The Morgan fingerprint density at radius 2 is 1.93 bits per heavy atom. The smallest absolute Gasteiger partial charge is 0.341 e. The first-order valence-corrected chi connectivity index (χ1v) is 9.72. The Kier molecular flexibility index (Phi) is 7.05. The van der Waals surface area contributed by atoms with Crippen molar-refractivity contribution in [2.75, 3.05) is 11.9 Å². The zero-order chi connectivity index (χ0) is 21.3. The summed E-state index contributed by atoms with van der Waals surface area (Å²) in [5.41, 5.74) is 3.40. The first-order valence-electron chi connectivity index (χ1n) is 9.72. The largest absolute Gasteiger partial charge is 0.482 e. The first-order chi connectivity index (χ1) is 14.5. The van der Waals surface area contributed by atoms with Gasteiger partial charge in [-0.1, -0.05) is 43.3 Å². The van der Waals surface area contributed by atoms with E-state index in [0.717, 1.165) is 17.7 Å². The number of rotatable bonds is 9. The molecule has 0 aliphatic heterocycles. The molecule has 0 spiro atoms. The number of nitrogens with zero attached hydrogens (tertiary/aromatic N) is 1. The van der Waals surface area contributed by atoms with Gasteiger partial charge in [-0.2, -0.15) is 0 Å². The number of carboxylic acid groups (broad SMARTS) is 1. The van der Waals surface area contributed by atoms with Crippen LogP contribution in [0, 0.1) is 0 Å². The average molecular weight is 404 g/mol. The van der Waals surface area contributed by atoms with Gasteiger partial charge in [-0.3, -0.25) is 4.79 Å². The van der Waals surface area contributed by atoms with Gasteiger partial charge in [0.25, 0.3) is 5.91 Å². The monoisotopic (exact) mass is 404 g/mol. The molecular formula is C24H24N2O4. The number of anilines is 1. The SMILES string of the molecule is CCc1cccc(NC(=O)c2cccn2CC=Cc2cccc(OCC(=O)O)c2)c1. The summed E-state index contributed by atoms with van der Waals surface area (Å²) >= 11 is 0. The summed E-state index contributed by atoms with van der Waals surface area (Å²) < 4.78 is 7.05. The number of nitrogens with one attached hydrogen (secondary N) is 1. The number of carbonyl (C=O) groups excluding carboxylic acids is 1. The van der Waals surface area contributed by atoms with E-state index in [2.05, 4.69) is 12.2 Å². The van der Waals surface area contributed by atoms with Crippen molar-refractivity contribution < 1.29 is 19.4 Å². The maximum Gasteiger partial charge on any atom is 0.341 e. The van der Waals surface area contributed by atoms with Crippen LogP contribution in [0.1, 0.15) is 28.5 Å². The van der Waals surface area contributed by atoms with E-state index < -0.39 is 5.97 Å². The third kappa shape index (κ3) is 5.85.